The van der Waals surface area contributed by atoms with Gasteiger partial charge in [0.1, 0.15) is 11.6 Å². The molecule has 0 fully saturated rings. The quantitative estimate of drug-likeness (QED) is 0.795. The van der Waals surface area contributed by atoms with Gasteiger partial charge in [-0.25, -0.2) is 9.37 Å². The van der Waals surface area contributed by atoms with E-state index in [1.165, 1.54) is 22.8 Å². The Hall–Kier alpha value is -3.02. The van der Waals surface area contributed by atoms with Crippen molar-refractivity contribution >= 4 is 22.5 Å². The molecule has 0 aliphatic carbocycles. The maximum Gasteiger partial charge on any atom is 0.261 e. The Balaban J connectivity index is 1.75. The largest absolute Gasteiger partial charge is 0.326 e. The highest BCUT2D eigenvalue weighted by Crippen LogP contribution is 2.16. The number of para-hydroxylation sites is 1. The molecule has 5 nitrogen and oxygen atoms in total. The van der Waals surface area contributed by atoms with Gasteiger partial charge in [-0.3, -0.25) is 14.2 Å². The number of benzene rings is 2. The molecule has 1 N–H and O–H groups in total. The fraction of sp³-hybridized carbons (Fsp3) is 0.211. The number of carbonyl (C=O) groups is 1. The van der Waals surface area contributed by atoms with Crippen LogP contribution in [0.15, 0.2) is 47.3 Å². The van der Waals surface area contributed by atoms with Gasteiger partial charge in [-0.05, 0) is 42.8 Å². The first-order valence-corrected chi connectivity index (χ1v) is 7.96. The summed E-state index contributed by atoms with van der Waals surface area (Å²) in [5.74, 6) is -0.00217. The Bertz CT molecular complexity index is 1010. The van der Waals surface area contributed by atoms with E-state index in [-0.39, 0.29) is 23.7 Å². The lowest BCUT2D eigenvalue weighted by atomic mass is 10.2. The van der Waals surface area contributed by atoms with Crippen molar-refractivity contribution in [1.29, 1.82) is 0 Å². The smallest absolute Gasteiger partial charge is 0.261 e. The van der Waals surface area contributed by atoms with Gasteiger partial charge in [-0.15, -0.1) is 0 Å². The van der Waals surface area contributed by atoms with Crippen molar-refractivity contribution in [2.24, 2.45) is 7.05 Å². The highest BCUT2D eigenvalue weighted by Gasteiger charge is 2.11. The Morgan fingerprint density at radius 1 is 1.24 bits per heavy atom. The van der Waals surface area contributed by atoms with E-state index in [4.69, 9.17) is 0 Å². The van der Waals surface area contributed by atoms with Gasteiger partial charge < -0.3 is 5.32 Å². The van der Waals surface area contributed by atoms with Crippen LogP contribution in [0.2, 0.25) is 0 Å². The Morgan fingerprint density at radius 2 is 2.00 bits per heavy atom. The van der Waals surface area contributed by atoms with Crippen molar-refractivity contribution in [2.75, 3.05) is 5.32 Å². The molecule has 0 spiro atoms. The van der Waals surface area contributed by atoms with Crippen LogP contribution < -0.4 is 10.9 Å². The molecule has 0 aliphatic heterocycles. The summed E-state index contributed by atoms with van der Waals surface area (Å²) in [5, 5.41) is 3.31. The SMILES string of the molecule is Cc1cc(F)ccc1NC(=O)CCc1nc2ccccc2c(=O)n1C. The average Bonchev–Trinajstić information content (AvgIpc) is 2.59. The van der Waals surface area contributed by atoms with Crippen LogP contribution in [0.25, 0.3) is 10.9 Å². The van der Waals surface area contributed by atoms with Crippen LogP contribution in [0.1, 0.15) is 17.8 Å². The van der Waals surface area contributed by atoms with Gasteiger partial charge in [0.15, 0.2) is 0 Å². The molecule has 2 aromatic carbocycles. The molecule has 3 aromatic rings. The van der Waals surface area contributed by atoms with Gasteiger partial charge >= 0.3 is 0 Å². The van der Waals surface area contributed by atoms with Crippen molar-refractivity contribution in [3.8, 4) is 0 Å². The molecule has 0 saturated carbocycles. The molecule has 0 radical (unpaired) electrons. The number of aryl methyl sites for hydroxylation is 2. The second-order valence-electron chi connectivity index (χ2n) is 5.92. The number of fused-ring (bicyclic) bond motifs is 1. The predicted octanol–water partition coefficient (Wildman–Crippen LogP) is 2.95. The molecular formula is C19H18FN3O2. The van der Waals surface area contributed by atoms with Crippen LogP contribution in [0.3, 0.4) is 0 Å². The zero-order valence-electron chi connectivity index (χ0n) is 14.0. The summed E-state index contributed by atoms with van der Waals surface area (Å²) in [6.07, 6.45) is 0.512. The minimum Gasteiger partial charge on any atom is -0.326 e. The van der Waals surface area contributed by atoms with E-state index >= 15 is 0 Å². The maximum atomic E-state index is 13.1. The lowest BCUT2D eigenvalue weighted by Crippen LogP contribution is -2.23. The number of nitrogens with one attached hydrogen (secondary N) is 1. The van der Waals surface area contributed by atoms with E-state index in [2.05, 4.69) is 10.3 Å². The summed E-state index contributed by atoms with van der Waals surface area (Å²) in [6, 6.07) is 11.3. The Labute approximate surface area is 144 Å². The molecule has 0 atom stereocenters. The van der Waals surface area contributed by atoms with Crippen molar-refractivity contribution in [3.05, 3.63) is 70.0 Å². The van der Waals surface area contributed by atoms with Crippen LogP contribution in [0, 0.1) is 12.7 Å². The Morgan fingerprint density at radius 3 is 2.76 bits per heavy atom. The van der Waals surface area contributed by atoms with Crippen LogP contribution in [0.4, 0.5) is 10.1 Å². The van der Waals surface area contributed by atoms with E-state index < -0.39 is 0 Å². The molecule has 128 valence electrons. The van der Waals surface area contributed by atoms with Gasteiger partial charge in [0, 0.05) is 25.6 Å². The van der Waals surface area contributed by atoms with Crippen LogP contribution in [-0.2, 0) is 18.3 Å². The van der Waals surface area contributed by atoms with Crippen molar-refractivity contribution in [2.45, 2.75) is 19.8 Å². The third-order valence-corrected chi connectivity index (χ3v) is 4.11. The standard InChI is InChI=1S/C19H18FN3O2/c1-12-11-13(20)7-8-15(12)22-18(24)10-9-17-21-16-6-4-3-5-14(16)19(25)23(17)2/h3-8,11H,9-10H2,1-2H3,(H,22,24). The molecule has 1 aromatic heterocycles. The number of aromatic nitrogens is 2. The fourth-order valence-electron chi connectivity index (χ4n) is 2.69. The van der Waals surface area contributed by atoms with Crippen molar-refractivity contribution < 1.29 is 9.18 Å². The highest BCUT2D eigenvalue weighted by atomic mass is 19.1. The monoisotopic (exact) mass is 339 g/mol. The van der Waals surface area contributed by atoms with Gasteiger partial charge in [0.25, 0.3) is 5.56 Å². The minimum atomic E-state index is -0.342. The average molecular weight is 339 g/mol. The zero-order chi connectivity index (χ0) is 18.0. The van der Waals surface area contributed by atoms with Crippen molar-refractivity contribution in [1.82, 2.24) is 9.55 Å². The summed E-state index contributed by atoms with van der Waals surface area (Å²) in [7, 11) is 1.65. The second kappa shape index (κ2) is 6.84. The number of rotatable bonds is 4. The van der Waals surface area contributed by atoms with E-state index in [9.17, 15) is 14.0 Å². The van der Waals surface area contributed by atoms with E-state index in [0.717, 1.165) is 0 Å². The number of nitrogens with zero attached hydrogens (tertiary/aromatic N) is 2. The molecular weight excluding hydrogens is 321 g/mol. The normalized spacial score (nSPS) is 10.8. The number of hydrogen-bond acceptors (Lipinski definition) is 3. The molecule has 25 heavy (non-hydrogen) atoms. The number of anilines is 1. The molecule has 3 rings (SSSR count). The molecule has 0 saturated heterocycles. The van der Waals surface area contributed by atoms with Gasteiger partial charge in [0.2, 0.25) is 5.91 Å². The predicted molar refractivity (Wildman–Crippen MR) is 95.1 cm³/mol. The number of hydrogen-bond donors (Lipinski definition) is 1. The summed E-state index contributed by atoms with van der Waals surface area (Å²) >= 11 is 0. The van der Waals surface area contributed by atoms with Gasteiger partial charge in [-0.2, -0.15) is 0 Å². The topological polar surface area (TPSA) is 64.0 Å². The zero-order valence-corrected chi connectivity index (χ0v) is 14.0. The highest BCUT2D eigenvalue weighted by molar-refractivity contribution is 5.91. The number of carbonyl (C=O) groups excluding carboxylic acids is 1. The molecule has 0 bridgehead atoms. The molecule has 0 unspecified atom stereocenters. The number of halogens is 1. The molecule has 0 aliphatic rings. The van der Waals surface area contributed by atoms with E-state index in [0.29, 0.717) is 34.4 Å². The summed E-state index contributed by atoms with van der Waals surface area (Å²) in [6.45, 7) is 1.73. The lowest BCUT2D eigenvalue weighted by molar-refractivity contribution is -0.116. The third-order valence-electron chi connectivity index (χ3n) is 4.11. The molecule has 1 amide bonds. The third kappa shape index (κ3) is 3.57. The van der Waals surface area contributed by atoms with Crippen LogP contribution in [0.5, 0.6) is 0 Å². The van der Waals surface area contributed by atoms with Crippen LogP contribution >= 0.6 is 0 Å². The van der Waals surface area contributed by atoms with Gasteiger partial charge in [-0.1, -0.05) is 12.1 Å². The van der Waals surface area contributed by atoms with Crippen molar-refractivity contribution in [3.63, 3.8) is 0 Å². The lowest BCUT2D eigenvalue weighted by Gasteiger charge is -2.10. The summed E-state index contributed by atoms with van der Waals surface area (Å²) in [4.78, 5) is 29.0. The number of amides is 1. The van der Waals surface area contributed by atoms with Gasteiger partial charge in [0.05, 0.1) is 10.9 Å². The fourth-order valence-corrected chi connectivity index (χ4v) is 2.69. The molecule has 1 heterocycles. The van der Waals surface area contributed by atoms with Crippen LogP contribution in [-0.4, -0.2) is 15.5 Å². The summed E-state index contributed by atoms with van der Waals surface area (Å²) in [5.41, 5.74) is 1.72. The first kappa shape index (κ1) is 16.8. The second-order valence-corrected chi connectivity index (χ2v) is 5.92. The minimum absolute atomic E-state index is 0.129. The Kier molecular flexibility index (Phi) is 4.61. The summed E-state index contributed by atoms with van der Waals surface area (Å²) < 4.78 is 14.6. The first-order valence-electron chi connectivity index (χ1n) is 7.96. The van der Waals surface area contributed by atoms with E-state index in [1.807, 2.05) is 6.07 Å². The molecule has 6 heteroatoms. The maximum absolute atomic E-state index is 13.1. The first-order chi connectivity index (χ1) is 12.0. The van der Waals surface area contributed by atoms with E-state index in [1.54, 1.807) is 32.2 Å².